The minimum atomic E-state index is -3.83. The van der Waals surface area contributed by atoms with Crippen molar-refractivity contribution in [2.75, 3.05) is 26.7 Å². The summed E-state index contributed by atoms with van der Waals surface area (Å²) in [5.41, 5.74) is 3.24. The van der Waals surface area contributed by atoms with Crippen LogP contribution in [0.1, 0.15) is 50.8 Å². The van der Waals surface area contributed by atoms with Gasteiger partial charge in [0.05, 0.1) is 12.3 Å². The van der Waals surface area contributed by atoms with Crippen molar-refractivity contribution in [1.29, 1.82) is 0 Å². The maximum atomic E-state index is 13.7. The van der Waals surface area contributed by atoms with E-state index in [1.165, 1.54) is 16.3 Å². The summed E-state index contributed by atoms with van der Waals surface area (Å²) in [7, 11) is -1.80. The molecule has 1 aliphatic heterocycles. The Morgan fingerprint density at radius 1 is 1.26 bits per heavy atom. The Labute approximate surface area is 209 Å². The molecule has 0 saturated heterocycles. The third-order valence-electron chi connectivity index (χ3n) is 6.98. The summed E-state index contributed by atoms with van der Waals surface area (Å²) >= 11 is 0. The SMILES string of the molecule is C[C@H]1CN([C@@H](C)CO)S(=O)(=O)c2ccc(C3=CCCCC3)cc2O[C@@H]1CN(C)Cc1ccccn1. The maximum Gasteiger partial charge on any atom is 0.247 e. The van der Waals surface area contributed by atoms with Crippen LogP contribution in [0.25, 0.3) is 5.57 Å². The summed E-state index contributed by atoms with van der Waals surface area (Å²) in [6, 6.07) is 10.8. The Morgan fingerprint density at radius 3 is 2.77 bits per heavy atom. The highest BCUT2D eigenvalue weighted by molar-refractivity contribution is 7.89. The van der Waals surface area contributed by atoms with Crippen molar-refractivity contribution in [2.45, 2.75) is 63.1 Å². The second-order valence-corrected chi connectivity index (χ2v) is 11.8. The molecule has 2 aliphatic rings. The highest BCUT2D eigenvalue weighted by atomic mass is 32.2. The lowest BCUT2D eigenvalue weighted by Gasteiger charge is -2.37. The first-order valence-electron chi connectivity index (χ1n) is 12.5. The van der Waals surface area contributed by atoms with Gasteiger partial charge in [0.15, 0.2) is 0 Å². The van der Waals surface area contributed by atoms with E-state index in [9.17, 15) is 13.5 Å². The summed E-state index contributed by atoms with van der Waals surface area (Å²) in [5.74, 6) is 0.308. The number of sulfonamides is 1. The molecule has 0 bridgehead atoms. The van der Waals surface area contributed by atoms with E-state index in [0.717, 1.165) is 30.5 Å². The number of likely N-dealkylation sites (N-methyl/N-ethyl adjacent to an activating group) is 1. The summed E-state index contributed by atoms with van der Waals surface area (Å²) in [6.07, 6.45) is 8.18. The number of aliphatic hydroxyl groups is 1. The Bertz CT molecular complexity index is 1140. The summed E-state index contributed by atoms with van der Waals surface area (Å²) in [4.78, 5) is 6.75. The van der Waals surface area contributed by atoms with Gasteiger partial charge < -0.3 is 9.84 Å². The Hall–Kier alpha value is -2.26. The number of nitrogens with zero attached hydrogens (tertiary/aromatic N) is 3. The van der Waals surface area contributed by atoms with Gasteiger partial charge in [-0.3, -0.25) is 9.88 Å². The van der Waals surface area contributed by atoms with E-state index in [4.69, 9.17) is 4.74 Å². The fourth-order valence-corrected chi connectivity index (χ4v) is 6.71. The molecule has 0 spiro atoms. The zero-order chi connectivity index (χ0) is 25.0. The van der Waals surface area contributed by atoms with Crippen LogP contribution < -0.4 is 4.74 Å². The predicted molar refractivity (Wildman–Crippen MR) is 137 cm³/mol. The molecule has 35 heavy (non-hydrogen) atoms. The van der Waals surface area contributed by atoms with E-state index in [-0.39, 0.29) is 30.1 Å². The lowest BCUT2D eigenvalue weighted by molar-refractivity contribution is 0.0730. The van der Waals surface area contributed by atoms with Crippen molar-refractivity contribution in [1.82, 2.24) is 14.2 Å². The molecule has 0 amide bonds. The molecule has 1 aliphatic carbocycles. The van der Waals surface area contributed by atoms with Crippen molar-refractivity contribution in [2.24, 2.45) is 5.92 Å². The van der Waals surface area contributed by atoms with Crippen LogP contribution in [0.4, 0.5) is 0 Å². The Balaban J connectivity index is 1.69. The first-order chi connectivity index (χ1) is 16.8. The second-order valence-electron chi connectivity index (χ2n) is 9.89. The maximum absolute atomic E-state index is 13.7. The molecule has 190 valence electrons. The van der Waals surface area contributed by atoms with Crippen molar-refractivity contribution in [3.8, 4) is 5.75 Å². The van der Waals surface area contributed by atoms with Crippen molar-refractivity contribution in [3.63, 3.8) is 0 Å². The Morgan fingerprint density at radius 2 is 2.09 bits per heavy atom. The van der Waals surface area contributed by atoms with Crippen LogP contribution in [0.5, 0.6) is 5.75 Å². The summed E-state index contributed by atoms with van der Waals surface area (Å²) < 4.78 is 35.3. The number of allylic oxidation sites excluding steroid dienone is 2. The van der Waals surface area contributed by atoms with Gasteiger partial charge in [-0.25, -0.2) is 8.42 Å². The second kappa shape index (κ2) is 11.2. The average molecular weight is 500 g/mol. The van der Waals surface area contributed by atoms with Crippen molar-refractivity contribution in [3.05, 3.63) is 59.9 Å². The minimum absolute atomic E-state index is 0.0874. The molecule has 0 saturated carbocycles. The van der Waals surface area contributed by atoms with Crippen LogP contribution >= 0.6 is 0 Å². The molecule has 7 nitrogen and oxygen atoms in total. The molecule has 0 unspecified atom stereocenters. The van der Waals surface area contributed by atoms with Crippen LogP contribution in [-0.2, 0) is 16.6 Å². The molecule has 2 heterocycles. The van der Waals surface area contributed by atoms with Crippen molar-refractivity contribution >= 4 is 15.6 Å². The minimum Gasteiger partial charge on any atom is -0.487 e. The van der Waals surface area contributed by atoms with Gasteiger partial charge in [0.25, 0.3) is 0 Å². The van der Waals surface area contributed by atoms with Crippen LogP contribution in [0, 0.1) is 5.92 Å². The molecule has 2 aromatic rings. The highest BCUT2D eigenvalue weighted by Crippen LogP contribution is 2.37. The van der Waals surface area contributed by atoms with Gasteiger partial charge in [0.2, 0.25) is 10.0 Å². The first kappa shape index (κ1) is 25.8. The molecule has 4 rings (SSSR count). The quantitative estimate of drug-likeness (QED) is 0.621. The van der Waals surface area contributed by atoms with Crippen LogP contribution in [-0.4, -0.2) is 66.6 Å². The molecule has 3 atom stereocenters. The van der Waals surface area contributed by atoms with E-state index < -0.39 is 16.1 Å². The lowest BCUT2D eigenvalue weighted by atomic mass is 9.93. The van der Waals surface area contributed by atoms with Gasteiger partial charge in [0, 0.05) is 37.8 Å². The molecule has 1 N–H and O–H groups in total. The van der Waals surface area contributed by atoms with E-state index in [1.54, 1.807) is 19.2 Å². The normalized spacial score (nSPS) is 23.5. The number of pyridine rings is 1. The third-order valence-corrected chi connectivity index (χ3v) is 9.00. The van der Waals surface area contributed by atoms with Gasteiger partial charge in [0.1, 0.15) is 16.7 Å². The van der Waals surface area contributed by atoms with Crippen LogP contribution in [0.15, 0.2) is 53.6 Å². The van der Waals surface area contributed by atoms with E-state index >= 15 is 0 Å². The summed E-state index contributed by atoms with van der Waals surface area (Å²) in [5, 5.41) is 9.85. The van der Waals surface area contributed by atoms with Crippen LogP contribution in [0.2, 0.25) is 0 Å². The number of ether oxygens (including phenoxy) is 1. The average Bonchev–Trinajstić information content (AvgIpc) is 2.86. The van der Waals surface area contributed by atoms with Gasteiger partial charge in [-0.05, 0) is 75.1 Å². The molecular weight excluding hydrogens is 462 g/mol. The monoisotopic (exact) mass is 499 g/mol. The first-order valence-corrected chi connectivity index (χ1v) is 13.9. The molecule has 0 radical (unpaired) electrons. The topological polar surface area (TPSA) is 83.0 Å². The molecular formula is C27H37N3O4S. The predicted octanol–water partition coefficient (Wildman–Crippen LogP) is 3.94. The fraction of sp³-hybridized carbons (Fsp3) is 0.519. The summed E-state index contributed by atoms with van der Waals surface area (Å²) in [6.45, 7) is 5.09. The number of rotatable bonds is 7. The van der Waals surface area contributed by atoms with E-state index in [2.05, 4.69) is 16.0 Å². The Kier molecular flexibility index (Phi) is 8.27. The molecule has 1 aromatic carbocycles. The number of aromatic nitrogens is 1. The van der Waals surface area contributed by atoms with E-state index in [1.807, 2.05) is 44.3 Å². The standard InChI is InChI=1S/C27H37N3O4S/c1-20-16-30(21(2)19-31)35(32,33)27-13-12-23(22-9-5-4-6-10-22)15-25(27)34-26(20)18-29(3)17-24-11-7-8-14-28-24/h7-9,11-15,20-21,26,31H,4-6,10,16-19H2,1-3H3/t20-,21-,26+/m0/s1. The third kappa shape index (κ3) is 5.94. The molecule has 0 fully saturated rings. The zero-order valence-electron chi connectivity index (χ0n) is 20.9. The smallest absolute Gasteiger partial charge is 0.247 e. The van der Waals surface area contributed by atoms with Crippen LogP contribution in [0.3, 0.4) is 0 Å². The number of benzene rings is 1. The highest BCUT2D eigenvalue weighted by Gasteiger charge is 2.38. The van der Waals surface area contributed by atoms with Gasteiger partial charge in [-0.1, -0.05) is 25.1 Å². The largest absolute Gasteiger partial charge is 0.487 e. The lowest BCUT2D eigenvalue weighted by Crippen LogP contribution is -2.49. The van der Waals surface area contributed by atoms with Gasteiger partial charge in [-0.2, -0.15) is 4.31 Å². The number of hydrogen-bond acceptors (Lipinski definition) is 6. The van der Waals surface area contributed by atoms with Gasteiger partial charge >= 0.3 is 0 Å². The number of hydrogen-bond donors (Lipinski definition) is 1. The number of aliphatic hydroxyl groups excluding tert-OH is 1. The van der Waals surface area contributed by atoms with E-state index in [0.29, 0.717) is 18.8 Å². The fourth-order valence-electron chi connectivity index (χ4n) is 4.88. The number of fused-ring (bicyclic) bond motifs is 1. The zero-order valence-corrected chi connectivity index (χ0v) is 21.7. The molecule has 8 heteroatoms. The van der Waals surface area contributed by atoms with Gasteiger partial charge in [-0.15, -0.1) is 0 Å². The molecule has 1 aromatic heterocycles. The van der Waals surface area contributed by atoms with Crippen molar-refractivity contribution < 1.29 is 18.3 Å².